The summed E-state index contributed by atoms with van der Waals surface area (Å²) in [5, 5.41) is 21.4. The third-order valence-electron chi connectivity index (χ3n) is 2.91. The summed E-state index contributed by atoms with van der Waals surface area (Å²) < 4.78 is 4.93. The number of esters is 1. The van der Waals surface area contributed by atoms with E-state index < -0.39 is 27.2 Å². The van der Waals surface area contributed by atoms with Gasteiger partial charge in [0.25, 0.3) is 11.4 Å². The molecular formula is C11H11N3O6. The molecule has 20 heavy (non-hydrogen) atoms. The van der Waals surface area contributed by atoms with Crippen LogP contribution < -0.4 is 5.73 Å². The van der Waals surface area contributed by atoms with Gasteiger partial charge in [-0.1, -0.05) is 0 Å². The van der Waals surface area contributed by atoms with Crippen molar-refractivity contribution in [3.8, 4) is 0 Å². The van der Waals surface area contributed by atoms with Crippen LogP contribution in [-0.2, 0) is 16.1 Å². The topological polar surface area (TPSA) is 139 Å². The monoisotopic (exact) mass is 281 g/mol. The highest BCUT2D eigenvalue weighted by molar-refractivity contribution is 5.76. The Kier molecular flexibility index (Phi) is 3.61. The average molecular weight is 281 g/mol. The molecule has 2 atom stereocenters. The smallest absolute Gasteiger partial charge is 0.310 e. The molecule has 2 unspecified atom stereocenters. The number of nitro benzene ring substituents is 2. The lowest BCUT2D eigenvalue weighted by molar-refractivity contribution is -0.394. The van der Waals surface area contributed by atoms with Gasteiger partial charge in [0.05, 0.1) is 21.8 Å². The van der Waals surface area contributed by atoms with Gasteiger partial charge in [0, 0.05) is 23.7 Å². The van der Waals surface area contributed by atoms with E-state index >= 15 is 0 Å². The molecule has 0 bridgehead atoms. The Balaban J connectivity index is 2.11. The summed E-state index contributed by atoms with van der Waals surface area (Å²) in [6.45, 7) is -0.259. The van der Waals surface area contributed by atoms with Gasteiger partial charge in [0.15, 0.2) is 0 Å². The lowest BCUT2D eigenvalue weighted by Gasteiger charge is -2.04. The maximum atomic E-state index is 11.5. The summed E-state index contributed by atoms with van der Waals surface area (Å²) in [6, 6.07) is 2.91. The van der Waals surface area contributed by atoms with E-state index in [0.717, 1.165) is 18.2 Å². The predicted molar refractivity (Wildman–Crippen MR) is 65.6 cm³/mol. The molecule has 1 saturated carbocycles. The van der Waals surface area contributed by atoms with Crippen LogP contribution in [0.2, 0.25) is 0 Å². The number of nitrogens with zero attached hydrogens (tertiary/aromatic N) is 2. The van der Waals surface area contributed by atoms with Gasteiger partial charge in [0.1, 0.15) is 6.61 Å². The van der Waals surface area contributed by atoms with Crippen LogP contribution in [0.5, 0.6) is 0 Å². The SMILES string of the molecule is NC1CC1C(=O)OCc1cc([N+](=O)[O-])cc([N+](=O)[O-])c1. The van der Waals surface area contributed by atoms with Gasteiger partial charge in [-0.15, -0.1) is 0 Å². The molecule has 2 rings (SSSR count). The van der Waals surface area contributed by atoms with Crippen LogP contribution in [0, 0.1) is 26.1 Å². The third kappa shape index (κ3) is 3.06. The van der Waals surface area contributed by atoms with Gasteiger partial charge in [-0.2, -0.15) is 0 Å². The van der Waals surface area contributed by atoms with Crippen molar-refractivity contribution in [3.63, 3.8) is 0 Å². The first-order chi connectivity index (χ1) is 9.38. The van der Waals surface area contributed by atoms with Gasteiger partial charge in [0.2, 0.25) is 0 Å². The molecule has 0 aromatic heterocycles. The highest BCUT2D eigenvalue weighted by Gasteiger charge is 2.41. The molecule has 0 spiro atoms. The Morgan fingerprint density at radius 2 is 1.75 bits per heavy atom. The minimum absolute atomic E-state index is 0.188. The zero-order valence-electron chi connectivity index (χ0n) is 10.2. The first-order valence-electron chi connectivity index (χ1n) is 5.73. The predicted octanol–water partition coefficient (Wildman–Crippen LogP) is 0.893. The Labute approximate surface area is 112 Å². The molecule has 1 aromatic rings. The molecule has 0 amide bonds. The van der Waals surface area contributed by atoms with Crippen molar-refractivity contribution in [2.75, 3.05) is 0 Å². The Hall–Kier alpha value is -2.55. The summed E-state index contributed by atoms with van der Waals surface area (Å²) >= 11 is 0. The fourth-order valence-electron chi connectivity index (χ4n) is 1.70. The number of non-ortho nitro benzene ring substituents is 2. The fourth-order valence-corrected chi connectivity index (χ4v) is 1.70. The minimum Gasteiger partial charge on any atom is -0.461 e. The van der Waals surface area contributed by atoms with Crippen LogP contribution in [0.4, 0.5) is 11.4 Å². The van der Waals surface area contributed by atoms with E-state index in [9.17, 15) is 25.0 Å². The van der Waals surface area contributed by atoms with Gasteiger partial charge >= 0.3 is 5.97 Å². The molecule has 1 aliphatic carbocycles. The number of ether oxygens (including phenoxy) is 1. The standard InChI is InChI=1S/C11H11N3O6/c12-10-4-9(10)11(15)20-5-6-1-7(13(16)17)3-8(2-6)14(18)19/h1-3,9-10H,4-5,12H2. The van der Waals surface area contributed by atoms with Gasteiger partial charge < -0.3 is 10.5 Å². The molecule has 9 nitrogen and oxygen atoms in total. The highest BCUT2D eigenvalue weighted by atomic mass is 16.6. The summed E-state index contributed by atoms with van der Waals surface area (Å²) in [4.78, 5) is 31.3. The lowest BCUT2D eigenvalue weighted by Crippen LogP contribution is -2.13. The maximum absolute atomic E-state index is 11.5. The fraction of sp³-hybridized carbons (Fsp3) is 0.364. The van der Waals surface area contributed by atoms with Crippen LogP contribution in [0.3, 0.4) is 0 Å². The molecule has 1 aliphatic rings. The summed E-state index contributed by atoms with van der Waals surface area (Å²) in [7, 11) is 0. The Morgan fingerprint density at radius 1 is 1.25 bits per heavy atom. The van der Waals surface area contributed by atoms with E-state index in [1.165, 1.54) is 0 Å². The van der Waals surface area contributed by atoms with Gasteiger partial charge in [-0.05, 0) is 6.42 Å². The largest absolute Gasteiger partial charge is 0.461 e. The second-order valence-corrected chi connectivity index (χ2v) is 4.49. The summed E-state index contributed by atoms with van der Waals surface area (Å²) in [5.41, 5.74) is 4.83. The molecule has 2 N–H and O–H groups in total. The third-order valence-corrected chi connectivity index (χ3v) is 2.91. The number of benzene rings is 1. The number of rotatable bonds is 5. The summed E-state index contributed by atoms with van der Waals surface area (Å²) in [6.07, 6.45) is 0.550. The van der Waals surface area contributed by atoms with Gasteiger partial charge in [-0.25, -0.2) is 0 Å². The molecule has 0 aliphatic heterocycles. The van der Waals surface area contributed by atoms with Crippen LogP contribution in [-0.4, -0.2) is 21.9 Å². The van der Waals surface area contributed by atoms with E-state index in [-0.39, 0.29) is 24.1 Å². The highest BCUT2D eigenvalue weighted by Crippen LogP contribution is 2.30. The number of carbonyl (C=O) groups is 1. The zero-order valence-corrected chi connectivity index (χ0v) is 10.2. The Bertz CT molecular complexity index is 555. The van der Waals surface area contributed by atoms with Crippen molar-refractivity contribution in [2.45, 2.75) is 19.1 Å². The number of hydrogen-bond donors (Lipinski definition) is 1. The molecule has 0 saturated heterocycles. The van der Waals surface area contributed by atoms with Crippen LogP contribution in [0.1, 0.15) is 12.0 Å². The second-order valence-electron chi connectivity index (χ2n) is 4.49. The van der Waals surface area contributed by atoms with Crippen molar-refractivity contribution in [1.82, 2.24) is 0 Å². The first kappa shape index (κ1) is 13.9. The van der Waals surface area contributed by atoms with Crippen molar-refractivity contribution in [1.29, 1.82) is 0 Å². The van der Waals surface area contributed by atoms with Crippen molar-refractivity contribution < 1.29 is 19.4 Å². The molecular weight excluding hydrogens is 270 g/mol. The zero-order chi connectivity index (χ0) is 14.9. The normalized spacial score (nSPS) is 20.2. The van der Waals surface area contributed by atoms with E-state index in [4.69, 9.17) is 10.5 Å². The minimum atomic E-state index is -0.741. The number of carbonyl (C=O) groups excluding carboxylic acids is 1. The summed E-state index contributed by atoms with van der Waals surface area (Å²) in [5.74, 6) is -0.838. The molecule has 1 fully saturated rings. The maximum Gasteiger partial charge on any atom is 0.310 e. The number of hydrogen-bond acceptors (Lipinski definition) is 7. The second kappa shape index (κ2) is 5.21. The van der Waals surface area contributed by atoms with Gasteiger partial charge in [-0.3, -0.25) is 25.0 Å². The van der Waals surface area contributed by atoms with Crippen LogP contribution in [0.15, 0.2) is 18.2 Å². The van der Waals surface area contributed by atoms with E-state index in [2.05, 4.69) is 0 Å². The molecule has 9 heteroatoms. The Morgan fingerprint density at radius 3 is 2.15 bits per heavy atom. The lowest BCUT2D eigenvalue weighted by atomic mass is 10.2. The number of nitrogens with two attached hydrogens (primary N) is 1. The van der Waals surface area contributed by atoms with E-state index in [1.807, 2.05) is 0 Å². The molecule has 1 aromatic carbocycles. The van der Waals surface area contributed by atoms with Crippen LogP contribution >= 0.6 is 0 Å². The first-order valence-corrected chi connectivity index (χ1v) is 5.73. The van der Waals surface area contributed by atoms with E-state index in [1.54, 1.807) is 0 Å². The number of nitro groups is 2. The van der Waals surface area contributed by atoms with Crippen molar-refractivity contribution in [3.05, 3.63) is 44.0 Å². The molecule has 106 valence electrons. The quantitative estimate of drug-likeness (QED) is 0.480. The van der Waals surface area contributed by atoms with E-state index in [0.29, 0.717) is 6.42 Å². The molecule has 0 radical (unpaired) electrons. The van der Waals surface area contributed by atoms with Crippen LogP contribution in [0.25, 0.3) is 0 Å². The van der Waals surface area contributed by atoms with Crippen molar-refractivity contribution >= 4 is 17.3 Å². The average Bonchev–Trinajstić information content (AvgIpc) is 3.12. The molecule has 0 heterocycles. The van der Waals surface area contributed by atoms with Crippen molar-refractivity contribution in [2.24, 2.45) is 11.7 Å².